The van der Waals surface area contributed by atoms with Crippen molar-refractivity contribution >= 4 is 0 Å². The Morgan fingerprint density at radius 3 is 3.00 bits per heavy atom. The molecule has 0 radical (unpaired) electrons. The van der Waals surface area contributed by atoms with E-state index in [-0.39, 0.29) is 5.41 Å². The first-order valence-electron chi connectivity index (χ1n) is 6.43. The van der Waals surface area contributed by atoms with E-state index < -0.39 is 0 Å². The standard InChI is InChI=1S/C12H20N4O/c1-12(7-13)4-5-16(8-12)6-10-14-11(15-17-10)9-2-3-9/h9H,2-8,13H2,1H3. The third kappa shape index (κ3) is 2.35. The molecule has 0 aromatic carbocycles. The monoisotopic (exact) mass is 236 g/mol. The van der Waals surface area contributed by atoms with Crippen molar-refractivity contribution in [1.29, 1.82) is 0 Å². The van der Waals surface area contributed by atoms with Gasteiger partial charge in [-0.05, 0) is 37.8 Å². The molecule has 1 aromatic heterocycles. The zero-order valence-corrected chi connectivity index (χ0v) is 10.4. The summed E-state index contributed by atoms with van der Waals surface area (Å²) in [5, 5.41) is 4.04. The van der Waals surface area contributed by atoms with Gasteiger partial charge in [-0.3, -0.25) is 4.90 Å². The van der Waals surface area contributed by atoms with Crippen LogP contribution in [0.3, 0.4) is 0 Å². The lowest BCUT2D eigenvalue weighted by Crippen LogP contribution is -2.31. The minimum Gasteiger partial charge on any atom is -0.338 e. The molecule has 5 nitrogen and oxygen atoms in total. The van der Waals surface area contributed by atoms with Gasteiger partial charge in [0.2, 0.25) is 5.89 Å². The van der Waals surface area contributed by atoms with Gasteiger partial charge in [0.05, 0.1) is 6.54 Å². The first-order chi connectivity index (χ1) is 8.18. The van der Waals surface area contributed by atoms with Gasteiger partial charge >= 0.3 is 0 Å². The van der Waals surface area contributed by atoms with Crippen LogP contribution in [0.15, 0.2) is 4.52 Å². The second kappa shape index (κ2) is 4.07. The summed E-state index contributed by atoms with van der Waals surface area (Å²) < 4.78 is 5.30. The van der Waals surface area contributed by atoms with Gasteiger partial charge in [0, 0.05) is 12.5 Å². The number of hydrogen-bond acceptors (Lipinski definition) is 5. The molecule has 5 heteroatoms. The van der Waals surface area contributed by atoms with Crippen LogP contribution in [0.5, 0.6) is 0 Å². The van der Waals surface area contributed by atoms with E-state index in [1.165, 1.54) is 12.8 Å². The lowest BCUT2D eigenvalue weighted by molar-refractivity contribution is 0.238. The maximum absolute atomic E-state index is 5.80. The summed E-state index contributed by atoms with van der Waals surface area (Å²) in [5.41, 5.74) is 6.06. The normalized spacial score (nSPS) is 30.0. The van der Waals surface area contributed by atoms with Crippen molar-refractivity contribution in [2.45, 2.75) is 38.6 Å². The first kappa shape index (κ1) is 11.2. The number of aromatic nitrogens is 2. The summed E-state index contributed by atoms with van der Waals surface area (Å²) in [7, 11) is 0. The Morgan fingerprint density at radius 1 is 1.53 bits per heavy atom. The van der Waals surface area contributed by atoms with Crippen LogP contribution in [0.4, 0.5) is 0 Å². The zero-order valence-electron chi connectivity index (χ0n) is 10.4. The summed E-state index contributed by atoms with van der Waals surface area (Å²) in [6.07, 6.45) is 3.59. The van der Waals surface area contributed by atoms with Crippen molar-refractivity contribution in [3.63, 3.8) is 0 Å². The molecule has 1 unspecified atom stereocenters. The molecule has 2 aliphatic rings. The van der Waals surface area contributed by atoms with Crippen molar-refractivity contribution in [3.8, 4) is 0 Å². The summed E-state index contributed by atoms with van der Waals surface area (Å²) in [4.78, 5) is 6.82. The fraction of sp³-hybridized carbons (Fsp3) is 0.833. The molecule has 1 saturated carbocycles. The number of hydrogen-bond donors (Lipinski definition) is 1. The van der Waals surface area contributed by atoms with Gasteiger partial charge in [0.25, 0.3) is 0 Å². The maximum Gasteiger partial charge on any atom is 0.240 e. The van der Waals surface area contributed by atoms with Crippen LogP contribution in [0.1, 0.15) is 43.8 Å². The molecule has 0 amide bonds. The molecule has 2 fully saturated rings. The fourth-order valence-electron chi connectivity index (χ4n) is 2.46. The number of nitrogens with two attached hydrogens (primary N) is 1. The molecule has 3 rings (SSSR count). The van der Waals surface area contributed by atoms with E-state index in [1.807, 2.05) is 0 Å². The minimum atomic E-state index is 0.263. The van der Waals surface area contributed by atoms with E-state index in [0.717, 1.165) is 44.3 Å². The van der Waals surface area contributed by atoms with Crippen LogP contribution in [0, 0.1) is 5.41 Å². The smallest absolute Gasteiger partial charge is 0.240 e. The van der Waals surface area contributed by atoms with Gasteiger partial charge in [0.1, 0.15) is 0 Å². The van der Waals surface area contributed by atoms with Gasteiger partial charge in [-0.1, -0.05) is 12.1 Å². The molecule has 1 saturated heterocycles. The van der Waals surface area contributed by atoms with Crippen LogP contribution in [-0.2, 0) is 6.54 Å². The molecule has 17 heavy (non-hydrogen) atoms. The van der Waals surface area contributed by atoms with Crippen molar-refractivity contribution in [2.24, 2.45) is 11.1 Å². The molecule has 94 valence electrons. The van der Waals surface area contributed by atoms with Gasteiger partial charge < -0.3 is 10.3 Å². The van der Waals surface area contributed by atoms with E-state index >= 15 is 0 Å². The van der Waals surface area contributed by atoms with Crippen LogP contribution < -0.4 is 5.73 Å². The van der Waals surface area contributed by atoms with E-state index in [9.17, 15) is 0 Å². The Balaban J connectivity index is 1.59. The highest BCUT2D eigenvalue weighted by atomic mass is 16.5. The quantitative estimate of drug-likeness (QED) is 0.848. The predicted octanol–water partition coefficient (Wildman–Crippen LogP) is 1.12. The zero-order chi connectivity index (χ0) is 11.9. The van der Waals surface area contributed by atoms with Crippen LogP contribution in [0.2, 0.25) is 0 Å². The van der Waals surface area contributed by atoms with Crippen molar-refractivity contribution < 1.29 is 4.52 Å². The summed E-state index contributed by atoms with van der Waals surface area (Å²) in [5.74, 6) is 2.23. The van der Waals surface area contributed by atoms with Crippen LogP contribution >= 0.6 is 0 Å². The molecule has 1 atom stereocenters. The Hall–Kier alpha value is -0.940. The summed E-state index contributed by atoms with van der Waals surface area (Å²) >= 11 is 0. The van der Waals surface area contributed by atoms with Crippen LogP contribution in [-0.4, -0.2) is 34.7 Å². The lowest BCUT2D eigenvalue weighted by atomic mass is 9.90. The second-order valence-electron chi connectivity index (χ2n) is 5.80. The molecule has 2 N–H and O–H groups in total. The molecular weight excluding hydrogens is 216 g/mol. The van der Waals surface area contributed by atoms with Crippen LogP contribution in [0.25, 0.3) is 0 Å². The van der Waals surface area contributed by atoms with E-state index in [4.69, 9.17) is 10.3 Å². The molecule has 0 spiro atoms. The molecule has 0 bridgehead atoms. The molecular formula is C12H20N4O. The number of likely N-dealkylation sites (tertiary alicyclic amines) is 1. The largest absolute Gasteiger partial charge is 0.338 e. The maximum atomic E-state index is 5.80. The highest BCUT2D eigenvalue weighted by Crippen LogP contribution is 2.38. The third-order valence-corrected chi connectivity index (χ3v) is 3.91. The molecule has 1 aromatic rings. The predicted molar refractivity (Wildman–Crippen MR) is 63.3 cm³/mol. The van der Waals surface area contributed by atoms with Gasteiger partial charge in [-0.2, -0.15) is 4.98 Å². The average Bonchev–Trinajstić information content (AvgIpc) is 2.97. The van der Waals surface area contributed by atoms with Gasteiger partial charge in [-0.15, -0.1) is 0 Å². The second-order valence-corrected chi connectivity index (χ2v) is 5.80. The first-order valence-corrected chi connectivity index (χ1v) is 6.43. The fourth-order valence-corrected chi connectivity index (χ4v) is 2.46. The average molecular weight is 236 g/mol. The van der Waals surface area contributed by atoms with Crippen molar-refractivity contribution in [1.82, 2.24) is 15.0 Å². The highest BCUT2D eigenvalue weighted by molar-refractivity contribution is 5.03. The Labute approximate surface area is 101 Å². The lowest BCUT2D eigenvalue weighted by Gasteiger charge is -2.21. The SMILES string of the molecule is CC1(CN)CCN(Cc2nc(C3CC3)no2)C1. The molecule has 1 aliphatic carbocycles. The number of nitrogens with zero attached hydrogens (tertiary/aromatic N) is 3. The Bertz CT molecular complexity index is 401. The van der Waals surface area contributed by atoms with Crippen molar-refractivity contribution in [3.05, 3.63) is 11.7 Å². The number of rotatable bonds is 4. The summed E-state index contributed by atoms with van der Waals surface area (Å²) in [6, 6.07) is 0. The van der Waals surface area contributed by atoms with E-state index in [1.54, 1.807) is 0 Å². The van der Waals surface area contributed by atoms with E-state index in [2.05, 4.69) is 22.0 Å². The Kier molecular flexibility index (Phi) is 2.67. The van der Waals surface area contributed by atoms with Gasteiger partial charge in [-0.25, -0.2) is 0 Å². The van der Waals surface area contributed by atoms with E-state index in [0.29, 0.717) is 5.92 Å². The topological polar surface area (TPSA) is 68.2 Å². The third-order valence-electron chi connectivity index (χ3n) is 3.91. The highest BCUT2D eigenvalue weighted by Gasteiger charge is 2.34. The summed E-state index contributed by atoms with van der Waals surface area (Å²) in [6.45, 7) is 5.88. The molecule has 2 heterocycles. The Morgan fingerprint density at radius 2 is 2.35 bits per heavy atom. The van der Waals surface area contributed by atoms with Crippen molar-refractivity contribution in [2.75, 3.05) is 19.6 Å². The molecule has 1 aliphatic heterocycles. The minimum absolute atomic E-state index is 0.263. The van der Waals surface area contributed by atoms with Gasteiger partial charge in [0.15, 0.2) is 5.82 Å².